The van der Waals surface area contributed by atoms with Gasteiger partial charge in [0.2, 0.25) is 0 Å². The molecular formula is C14H12FN. The Morgan fingerprint density at radius 1 is 1.06 bits per heavy atom. The van der Waals surface area contributed by atoms with Gasteiger partial charge in [0, 0.05) is 11.3 Å². The molecule has 2 aromatic carbocycles. The topological polar surface area (TPSA) is 23.9 Å². The van der Waals surface area contributed by atoms with E-state index in [1.807, 2.05) is 30.3 Å². The molecule has 16 heavy (non-hydrogen) atoms. The summed E-state index contributed by atoms with van der Waals surface area (Å²) < 4.78 is 13.8. The average Bonchev–Trinajstić information content (AvgIpc) is 2.30. The van der Waals surface area contributed by atoms with Gasteiger partial charge in [-0.05, 0) is 24.1 Å². The van der Waals surface area contributed by atoms with Crippen molar-refractivity contribution in [1.29, 1.82) is 5.41 Å². The molecule has 2 rings (SSSR count). The van der Waals surface area contributed by atoms with E-state index < -0.39 is 0 Å². The maximum Gasteiger partial charge on any atom is 0.131 e. The van der Waals surface area contributed by atoms with E-state index in [1.54, 1.807) is 19.1 Å². The van der Waals surface area contributed by atoms with Crippen LogP contribution in [0.15, 0.2) is 48.5 Å². The van der Waals surface area contributed by atoms with Gasteiger partial charge in [0.1, 0.15) is 5.82 Å². The molecule has 0 aromatic heterocycles. The molecule has 0 aliphatic rings. The van der Waals surface area contributed by atoms with Gasteiger partial charge >= 0.3 is 0 Å². The minimum absolute atomic E-state index is 0.282. The molecule has 1 N–H and O–H groups in total. The largest absolute Gasteiger partial charge is 0.305 e. The molecule has 2 heteroatoms. The van der Waals surface area contributed by atoms with Crippen LogP contribution in [0.4, 0.5) is 4.39 Å². The number of benzene rings is 2. The predicted octanol–water partition coefficient (Wildman–Crippen LogP) is 3.88. The highest BCUT2D eigenvalue weighted by atomic mass is 19.1. The van der Waals surface area contributed by atoms with Crippen LogP contribution in [-0.2, 0) is 0 Å². The molecule has 0 aliphatic carbocycles. The highest BCUT2D eigenvalue weighted by molar-refractivity contribution is 5.96. The molecule has 0 saturated heterocycles. The summed E-state index contributed by atoms with van der Waals surface area (Å²) in [5, 5.41) is 7.44. The molecule has 0 spiro atoms. The summed E-state index contributed by atoms with van der Waals surface area (Å²) in [6.45, 7) is 1.65. The normalized spacial score (nSPS) is 10.1. The van der Waals surface area contributed by atoms with E-state index >= 15 is 0 Å². The lowest BCUT2D eigenvalue weighted by molar-refractivity contribution is 0.631. The highest BCUT2D eigenvalue weighted by Crippen LogP contribution is 2.23. The fourth-order valence-electron chi connectivity index (χ4n) is 1.60. The van der Waals surface area contributed by atoms with Gasteiger partial charge in [0.05, 0.1) is 0 Å². The van der Waals surface area contributed by atoms with E-state index in [0.717, 1.165) is 5.56 Å². The summed E-state index contributed by atoms with van der Waals surface area (Å²) in [4.78, 5) is 0. The zero-order valence-corrected chi connectivity index (χ0v) is 9.00. The van der Waals surface area contributed by atoms with Gasteiger partial charge in [-0.15, -0.1) is 0 Å². The molecule has 0 heterocycles. The van der Waals surface area contributed by atoms with Crippen LogP contribution in [0.3, 0.4) is 0 Å². The monoisotopic (exact) mass is 213 g/mol. The summed E-state index contributed by atoms with van der Waals surface area (Å²) >= 11 is 0. The van der Waals surface area contributed by atoms with Crippen molar-refractivity contribution in [3.8, 4) is 11.1 Å². The van der Waals surface area contributed by atoms with E-state index in [9.17, 15) is 4.39 Å². The van der Waals surface area contributed by atoms with Crippen molar-refractivity contribution < 1.29 is 4.39 Å². The lowest BCUT2D eigenvalue weighted by Crippen LogP contribution is -1.94. The fraction of sp³-hybridized carbons (Fsp3) is 0.0714. The lowest BCUT2D eigenvalue weighted by Gasteiger charge is -2.05. The van der Waals surface area contributed by atoms with Gasteiger partial charge in [0.25, 0.3) is 0 Å². The standard InChI is InChI=1S/C14H12FN/c1-10(16)12-7-8-13(14(15)9-12)11-5-3-2-4-6-11/h2-9,16H,1H3. The number of hydrogen-bond donors (Lipinski definition) is 1. The molecular weight excluding hydrogens is 201 g/mol. The first-order valence-corrected chi connectivity index (χ1v) is 5.09. The van der Waals surface area contributed by atoms with Gasteiger partial charge < -0.3 is 5.41 Å². The highest BCUT2D eigenvalue weighted by Gasteiger charge is 2.06. The SMILES string of the molecule is CC(=N)c1ccc(-c2ccccc2)c(F)c1. The Hall–Kier alpha value is -1.96. The molecule has 0 bridgehead atoms. The van der Waals surface area contributed by atoms with E-state index in [4.69, 9.17) is 5.41 Å². The smallest absolute Gasteiger partial charge is 0.131 e. The van der Waals surface area contributed by atoms with Crippen molar-refractivity contribution in [2.24, 2.45) is 0 Å². The number of rotatable bonds is 2. The van der Waals surface area contributed by atoms with Gasteiger partial charge in [-0.25, -0.2) is 4.39 Å². The van der Waals surface area contributed by atoms with Crippen LogP contribution in [0.25, 0.3) is 11.1 Å². The molecule has 0 unspecified atom stereocenters. The van der Waals surface area contributed by atoms with E-state index in [-0.39, 0.29) is 5.82 Å². The molecule has 0 aliphatic heterocycles. The molecule has 2 aromatic rings. The second-order valence-electron chi connectivity index (χ2n) is 3.69. The number of hydrogen-bond acceptors (Lipinski definition) is 1. The zero-order chi connectivity index (χ0) is 11.5. The van der Waals surface area contributed by atoms with E-state index in [2.05, 4.69) is 0 Å². The van der Waals surface area contributed by atoms with Crippen LogP contribution in [0.5, 0.6) is 0 Å². The van der Waals surface area contributed by atoms with Crippen LogP contribution in [-0.4, -0.2) is 5.71 Å². The molecule has 0 saturated carbocycles. The first-order valence-electron chi connectivity index (χ1n) is 5.09. The molecule has 0 amide bonds. The van der Waals surface area contributed by atoms with Gasteiger partial charge in [-0.2, -0.15) is 0 Å². The minimum atomic E-state index is -0.282. The van der Waals surface area contributed by atoms with Crippen molar-refractivity contribution in [3.63, 3.8) is 0 Å². The molecule has 0 fully saturated rings. The van der Waals surface area contributed by atoms with Crippen LogP contribution in [0.1, 0.15) is 12.5 Å². The Kier molecular flexibility index (Phi) is 2.82. The Labute approximate surface area is 94.1 Å². The zero-order valence-electron chi connectivity index (χ0n) is 9.00. The van der Waals surface area contributed by atoms with Crippen LogP contribution < -0.4 is 0 Å². The maximum absolute atomic E-state index is 13.8. The number of nitrogens with one attached hydrogen (secondary N) is 1. The van der Waals surface area contributed by atoms with Crippen LogP contribution in [0.2, 0.25) is 0 Å². The third kappa shape index (κ3) is 2.01. The lowest BCUT2D eigenvalue weighted by atomic mass is 10.0. The summed E-state index contributed by atoms with van der Waals surface area (Å²) in [5.74, 6) is -0.282. The van der Waals surface area contributed by atoms with E-state index in [0.29, 0.717) is 16.8 Å². The quantitative estimate of drug-likeness (QED) is 0.732. The molecule has 0 atom stereocenters. The summed E-state index contributed by atoms with van der Waals surface area (Å²) in [5.41, 5.74) is 2.43. The average molecular weight is 213 g/mol. The predicted molar refractivity (Wildman–Crippen MR) is 64.3 cm³/mol. The van der Waals surface area contributed by atoms with Crippen LogP contribution in [0, 0.1) is 11.2 Å². The minimum Gasteiger partial charge on any atom is -0.305 e. The number of halogens is 1. The second kappa shape index (κ2) is 4.27. The van der Waals surface area contributed by atoms with Gasteiger partial charge in [-0.3, -0.25) is 0 Å². The molecule has 80 valence electrons. The Morgan fingerprint density at radius 2 is 1.75 bits per heavy atom. The van der Waals surface area contributed by atoms with Crippen molar-refractivity contribution in [1.82, 2.24) is 0 Å². The maximum atomic E-state index is 13.8. The van der Waals surface area contributed by atoms with Crippen molar-refractivity contribution in [2.75, 3.05) is 0 Å². The third-order valence-electron chi connectivity index (χ3n) is 2.49. The van der Waals surface area contributed by atoms with Crippen molar-refractivity contribution >= 4 is 5.71 Å². The Balaban J connectivity index is 2.48. The molecule has 0 radical (unpaired) electrons. The Bertz CT molecular complexity index is 518. The fourth-order valence-corrected chi connectivity index (χ4v) is 1.60. The van der Waals surface area contributed by atoms with Gasteiger partial charge in [-0.1, -0.05) is 42.5 Å². The summed E-state index contributed by atoms with van der Waals surface area (Å²) in [7, 11) is 0. The Morgan fingerprint density at radius 3 is 2.31 bits per heavy atom. The third-order valence-corrected chi connectivity index (χ3v) is 2.49. The first-order chi connectivity index (χ1) is 7.68. The van der Waals surface area contributed by atoms with Crippen molar-refractivity contribution in [2.45, 2.75) is 6.92 Å². The van der Waals surface area contributed by atoms with E-state index in [1.165, 1.54) is 6.07 Å². The molecule has 1 nitrogen and oxygen atoms in total. The van der Waals surface area contributed by atoms with Gasteiger partial charge in [0.15, 0.2) is 0 Å². The second-order valence-corrected chi connectivity index (χ2v) is 3.69. The van der Waals surface area contributed by atoms with Crippen LogP contribution >= 0.6 is 0 Å². The summed E-state index contributed by atoms with van der Waals surface area (Å²) in [6.07, 6.45) is 0. The first kappa shape index (κ1) is 10.6. The van der Waals surface area contributed by atoms with Crippen molar-refractivity contribution in [3.05, 3.63) is 59.9 Å². The summed E-state index contributed by atoms with van der Waals surface area (Å²) in [6, 6.07) is 14.3.